The summed E-state index contributed by atoms with van der Waals surface area (Å²) in [6, 6.07) is 16.9. The Labute approximate surface area is 210 Å². The van der Waals surface area contributed by atoms with Gasteiger partial charge in [0.25, 0.3) is 0 Å². The van der Waals surface area contributed by atoms with Crippen molar-refractivity contribution in [3.63, 3.8) is 0 Å². The zero-order valence-electron chi connectivity index (χ0n) is 20.4. The van der Waals surface area contributed by atoms with Gasteiger partial charge in [0, 0.05) is 19.6 Å². The maximum Gasteiger partial charge on any atom is 0.309 e. The van der Waals surface area contributed by atoms with Crippen LogP contribution in [0, 0.1) is 17.2 Å². The van der Waals surface area contributed by atoms with E-state index < -0.39 is 11.8 Å². The van der Waals surface area contributed by atoms with Crippen molar-refractivity contribution < 1.29 is 19.1 Å². The minimum atomic E-state index is -1.14. The molecular weight excluding hydrogens is 458 g/mol. The van der Waals surface area contributed by atoms with E-state index in [1.807, 2.05) is 53.4 Å². The second kappa shape index (κ2) is 11.5. The Hall–Kier alpha value is -4.19. The van der Waals surface area contributed by atoms with Gasteiger partial charge in [0.15, 0.2) is 11.7 Å². The Morgan fingerprint density at radius 2 is 1.78 bits per heavy atom. The quantitative estimate of drug-likeness (QED) is 0.481. The fraction of sp³-hybridized carbons (Fsp3) is 0.370. The monoisotopic (exact) mass is 487 g/mol. The van der Waals surface area contributed by atoms with E-state index in [1.54, 1.807) is 14.0 Å². The number of aromatic nitrogens is 2. The molecule has 0 saturated carbocycles. The molecule has 3 aromatic rings. The number of benzene rings is 2. The van der Waals surface area contributed by atoms with Crippen molar-refractivity contribution in [1.82, 2.24) is 15.3 Å². The van der Waals surface area contributed by atoms with Crippen LogP contribution in [0.5, 0.6) is 5.75 Å². The lowest BCUT2D eigenvalue weighted by atomic mass is 9.96. The number of esters is 1. The Balaban J connectivity index is 1.57. The van der Waals surface area contributed by atoms with Crippen LogP contribution < -0.4 is 15.0 Å². The predicted octanol–water partition coefficient (Wildman–Crippen LogP) is 3.34. The molecule has 186 valence electrons. The van der Waals surface area contributed by atoms with E-state index in [0.717, 1.165) is 11.3 Å². The Kier molecular flexibility index (Phi) is 7.95. The van der Waals surface area contributed by atoms with Crippen LogP contribution in [0.2, 0.25) is 0 Å². The first-order valence-electron chi connectivity index (χ1n) is 12.0. The molecule has 1 aliphatic heterocycles. The molecule has 36 heavy (non-hydrogen) atoms. The molecule has 0 bridgehead atoms. The number of carbonyl (C=O) groups excluding carboxylic acids is 2. The molecule has 1 amide bonds. The molecular formula is C27H29N5O4. The summed E-state index contributed by atoms with van der Waals surface area (Å²) in [4.78, 5) is 36.8. The number of anilines is 1. The summed E-state index contributed by atoms with van der Waals surface area (Å²) in [5.74, 6) is -0.712. The van der Waals surface area contributed by atoms with E-state index in [1.165, 1.54) is 0 Å². The number of methoxy groups -OCH3 is 1. The van der Waals surface area contributed by atoms with Crippen LogP contribution in [0.4, 0.5) is 5.82 Å². The zero-order chi connectivity index (χ0) is 25.5. The molecule has 4 rings (SSSR count). The molecule has 1 aliphatic rings. The van der Waals surface area contributed by atoms with Crippen LogP contribution in [-0.4, -0.2) is 48.7 Å². The van der Waals surface area contributed by atoms with Crippen LogP contribution >= 0.6 is 0 Å². The van der Waals surface area contributed by atoms with Crippen molar-refractivity contribution in [3.8, 4) is 11.8 Å². The SMILES string of the molecule is CCOC(=O)C1CCN(c2nc3ccccc3nc2[C@@H](C#N)C(=O)NCc2ccc(OC)cc2)CC1. The molecule has 1 fully saturated rings. The van der Waals surface area contributed by atoms with E-state index in [-0.39, 0.29) is 18.4 Å². The van der Waals surface area contributed by atoms with Gasteiger partial charge in [-0.3, -0.25) is 9.59 Å². The smallest absolute Gasteiger partial charge is 0.309 e. The van der Waals surface area contributed by atoms with Crippen molar-refractivity contribution in [3.05, 3.63) is 59.8 Å². The van der Waals surface area contributed by atoms with Crippen molar-refractivity contribution in [2.45, 2.75) is 32.2 Å². The summed E-state index contributed by atoms with van der Waals surface area (Å²) in [5.41, 5.74) is 2.49. The van der Waals surface area contributed by atoms with Gasteiger partial charge < -0.3 is 19.7 Å². The molecule has 1 aromatic heterocycles. The number of rotatable bonds is 8. The van der Waals surface area contributed by atoms with E-state index in [0.29, 0.717) is 55.1 Å². The van der Waals surface area contributed by atoms with E-state index in [2.05, 4.69) is 11.4 Å². The highest BCUT2D eigenvalue weighted by Crippen LogP contribution is 2.31. The molecule has 2 heterocycles. The van der Waals surface area contributed by atoms with Gasteiger partial charge in [-0.25, -0.2) is 9.97 Å². The minimum absolute atomic E-state index is 0.169. The van der Waals surface area contributed by atoms with Gasteiger partial charge in [-0.05, 0) is 49.6 Å². The number of carbonyl (C=O) groups is 2. The molecule has 0 spiro atoms. The summed E-state index contributed by atoms with van der Waals surface area (Å²) >= 11 is 0. The van der Waals surface area contributed by atoms with Crippen LogP contribution in [0.25, 0.3) is 11.0 Å². The molecule has 1 saturated heterocycles. The summed E-state index contributed by atoms with van der Waals surface area (Å²) in [6.07, 6.45) is 1.21. The van der Waals surface area contributed by atoms with Crippen molar-refractivity contribution in [1.29, 1.82) is 5.26 Å². The standard InChI is InChI=1S/C27H29N5O4/c1-3-36-27(34)19-12-14-32(15-13-19)25-24(30-22-6-4-5-7-23(22)31-25)21(16-28)26(33)29-17-18-8-10-20(35-2)11-9-18/h4-11,19,21H,3,12-15,17H2,1-2H3,(H,29,33)/t21-/m1/s1. The second-order valence-corrected chi connectivity index (χ2v) is 8.56. The first-order valence-corrected chi connectivity index (χ1v) is 12.0. The van der Waals surface area contributed by atoms with Gasteiger partial charge in [-0.15, -0.1) is 0 Å². The fourth-order valence-electron chi connectivity index (χ4n) is 4.30. The van der Waals surface area contributed by atoms with Crippen molar-refractivity contribution >= 4 is 28.7 Å². The van der Waals surface area contributed by atoms with E-state index in [9.17, 15) is 14.9 Å². The highest BCUT2D eigenvalue weighted by atomic mass is 16.5. The van der Waals surface area contributed by atoms with Crippen LogP contribution in [0.15, 0.2) is 48.5 Å². The van der Waals surface area contributed by atoms with Gasteiger partial charge in [-0.2, -0.15) is 5.26 Å². The Morgan fingerprint density at radius 3 is 2.39 bits per heavy atom. The fourth-order valence-corrected chi connectivity index (χ4v) is 4.30. The summed E-state index contributed by atoms with van der Waals surface area (Å²) in [5, 5.41) is 12.9. The largest absolute Gasteiger partial charge is 0.497 e. The normalized spacial score (nSPS) is 14.6. The molecule has 0 aliphatic carbocycles. The number of hydrogen-bond acceptors (Lipinski definition) is 8. The van der Waals surface area contributed by atoms with Gasteiger partial charge >= 0.3 is 5.97 Å². The summed E-state index contributed by atoms with van der Waals surface area (Å²) < 4.78 is 10.3. The third kappa shape index (κ3) is 5.54. The molecule has 0 unspecified atom stereocenters. The summed E-state index contributed by atoms with van der Waals surface area (Å²) in [7, 11) is 1.59. The van der Waals surface area contributed by atoms with Gasteiger partial charge in [0.05, 0.1) is 36.7 Å². The number of amides is 1. The lowest BCUT2D eigenvalue weighted by Gasteiger charge is -2.33. The Morgan fingerprint density at radius 1 is 1.11 bits per heavy atom. The highest BCUT2D eigenvalue weighted by molar-refractivity contribution is 5.89. The number of nitrogens with one attached hydrogen (secondary N) is 1. The Bertz CT molecular complexity index is 1260. The lowest BCUT2D eigenvalue weighted by Crippen LogP contribution is -2.39. The first kappa shape index (κ1) is 24.9. The average molecular weight is 488 g/mol. The van der Waals surface area contributed by atoms with Crippen molar-refractivity contribution in [2.24, 2.45) is 5.92 Å². The maximum absolute atomic E-state index is 13.1. The number of nitriles is 1. The molecule has 1 N–H and O–H groups in total. The zero-order valence-corrected chi connectivity index (χ0v) is 20.4. The second-order valence-electron chi connectivity index (χ2n) is 8.56. The molecule has 0 radical (unpaired) electrons. The number of fused-ring (bicyclic) bond motifs is 1. The van der Waals surface area contributed by atoms with Gasteiger partial charge in [0.1, 0.15) is 11.4 Å². The number of piperidine rings is 1. The van der Waals surface area contributed by atoms with Crippen LogP contribution in [0.1, 0.15) is 36.9 Å². The maximum atomic E-state index is 13.1. The van der Waals surface area contributed by atoms with E-state index >= 15 is 0 Å². The van der Waals surface area contributed by atoms with Crippen molar-refractivity contribution in [2.75, 3.05) is 31.7 Å². The molecule has 9 nitrogen and oxygen atoms in total. The van der Waals surface area contributed by atoms with Gasteiger partial charge in [0.2, 0.25) is 5.91 Å². The predicted molar refractivity (Wildman–Crippen MR) is 134 cm³/mol. The number of ether oxygens (including phenoxy) is 2. The topological polar surface area (TPSA) is 117 Å². The van der Waals surface area contributed by atoms with Crippen LogP contribution in [-0.2, 0) is 20.9 Å². The minimum Gasteiger partial charge on any atom is -0.497 e. The molecule has 9 heteroatoms. The summed E-state index contributed by atoms with van der Waals surface area (Å²) in [6.45, 7) is 3.52. The lowest BCUT2D eigenvalue weighted by molar-refractivity contribution is -0.148. The third-order valence-corrected chi connectivity index (χ3v) is 6.28. The van der Waals surface area contributed by atoms with Crippen LogP contribution in [0.3, 0.4) is 0 Å². The molecule has 1 atom stereocenters. The van der Waals surface area contributed by atoms with E-state index in [4.69, 9.17) is 19.4 Å². The number of nitrogens with zero attached hydrogens (tertiary/aromatic N) is 4. The number of para-hydroxylation sites is 2. The first-order chi connectivity index (χ1) is 17.5. The number of hydrogen-bond donors (Lipinski definition) is 1. The average Bonchev–Trinajstić information content (AvgIpc) is 2.92. The van der Waals surface area contributed by atoms with Gasteiger partial charge in [-0.1, -0.05) is 24.3 Å². The third-order valence-electron chi connectivity index (χ3n) is 6.28. The highest BCUT2D eigenvalue weighted by Gasteiger charge is 2.32. The molecule has 2 aromatic carbocycles.